The van der Waals surface area contributed by atoms with Crippen LogP contribution in [-0.2, 0) is 4.79 Å². The van der Waals surface area contributed by atoms with Crippen LogP contribution in [0.15, 0.2) is 0 Å². The Kier molecular flexibility index (Phi) is 2.19. The molecule has 1 heterocycles. The Morgan fingerprint density at radius 2 is 2.08 bits per heavy atom. The van der Waals surface area contributed by atoms with Crippen molar-refractivity contribution in [2.75, 3.05) is 0 Å². The predicted octanol–water partition coefficient (Wildman–Crippen LogP) is 0.393. The maximum Gasteiger partial charge on any atom is 0.408 e. The minimum atomic E-state index is -1.08. The van der Waals surface area contributed by atoms with Crippen molar-refractivity contribution in [3.8, 4) is 0 Å². The lowest BCUT2D eigenvalue weighted by Crippen LogP contribution is -2.50. The molecule has 1 aliphatic heterocycles. The van der Waals surface area contributed by atoms with Gasteiger partial charge in [0, 0.05) is 5.54 Å². The summed E-state index contributed by atoms with van der Waals surface area (Å²) in [4.78, 5) is 22.9. The summed E-state index contributed by atoms with van der Waals surface area (Å²) in [7, 11) is 0. The Labute approximate surface area is 76.5 Å². The van der Waals surface area contributed by atoms with Crippen molar-refractivity contribution < 1.29 is 14.7 Å². The van der Waals surface area contributed by atoms with Gasteiger partial charge in [0.05, 0.1) is 0 Å². The minimum Gasteiger partial charge on any atom is -0.465 e. The molecule has 1 aliphatic rings. The number of carbonyl (C=O) groups excluding carboxylic acids is 1. The average Bonchev–Trinajstić information content (AvgIpc) is 2.24. The van der Waals surface area contributed by atoms with Crippen molar-refractivity contribution in [3.05, 3.63) is 0 Å². The second-order valence-electron chi connectivity index (χ2n) is 3.92. The number of amides is 2. The quantitative estimate of drug-likeness (QED) is 0.621. The van der Waals surface area contributed by atoms with E-state index in [1.165, 1.54) is 0 Å². The molecule has 0 spiro atoms. The van der Waals surface area contributed by atoms with E-state index in [2.05, 4.69) is 0 Å². The summed E-state index contributed by atoms with van der Waals surface area (Å²) in [5.41, 5.74) is 4.62. The van der Waals surface area contributed by atoms with E-state index < -0.39 is 23.6 Å². The van der Waals surface area contributed by atoms with Crippen molar-refractivity contribution >= 4 is 12.0 Å². The van der Waals surface area contributed by atoms with Gasteiger partial charge in [-0.2, -0.15) is 0 Å². The van der Waals surface area contributed by atoms with Gasteiger partial charge in [0.1, 0.15) is 6.04 Å². The van der Waals surface area contributed by atoms with E-state index in [4.69, 9.17) is 10.8 Å². The molecule has 0 radical (unpaired) electrons. The van der Waals surface area contributed by atoms with Crippen LogP contribution in [0.2, 0.25) is 0 Å². The van der Waals surface area contributed by atoms with Crippen LogP contribution in [-0.4, -0.2) is 33.6 Å². The highest BCUT2D eigenvalue weighted by Gasteiger charge is 2.45. The van der Waals surface area contributed by atoms with Crippen molar-refractivity contribution in [2.45, 2.75) is 38.3 Å². The van der Waals surface area contributed by atoms with Crippen LogP contribution in [0, 0.1) is 0 Å². The van der Waals surface area contributed by atoms with Gasteiger partial charge in [-0.05, 0) is 26.7 Å². The highest BCUT2D eigenvalue weighted by Crippen LogP contribution is 2.33. The van der Waals surface area contributed by atoms with Gasteiger partial charge in [-0.1, -0.05) is 0 Å². The highest BCUT2D eigenvalue weighted by atomic mass is 16.4. The van der Waals surface area contributed by atoms with Crippen molar-refractivity contribution in [1.29, 1.82) is 0 Å². The Balaban J connectivity index is 2.92. The van der Waals surface area contributed by atoms with Crippen molar-refractivity contribution in [2.24, 2.45) is 5.73 Å². The molecular formula is C8H14N2O3. The van der Waals surface area contributed by atoms with E-state index in [1.807, 2.05) is 0 Å². The summed E-state index contributed by atoms with van der Waals surface area (Å²) >= 11 is 0. The number of carbonyl (C=O) groups is 2. The van der Waals surface area contributed by atoms with Crippen LogP contribution in [0.5, 0.6) is 0 Å². The molecule has 1 saturated heterocycles. The van der Waals surface area contributed by atoms with Gasteiger partial charge in [0.2, 0.25) is 5.91 Å². The molecule has 5 heteroatoms. The largest absolute Gasteiger partial charge is 0.465 e. The van der Waals surface area contributed by atoms with Crippen LogP contribution in [0.25, 0.3) is 0 Å². The van der Waals surface area contributed by atoms with Crippen LogP contribution in [0.4, 0.5) is 4.79 Å². The number of likely N-dealkylation sites (tertiary alicyclic amines) is 1. The first-order chi connectivity index (χ1) is 5.86. The summed E-state index contributed by atoms with van der Waals surface area (Å²) in [6.07, 6.45) is 0.118. The van der Waals surface area contributed by atoms with Gasteiger partial charge in [0.25, 0.3) is 0 Å². The first-order valence-corrected chi connectivity index (χ1v) is 4.18. The van der Waals surface area contributed by atoms with Crippen LogP contribution >= 0.6 is 0 Å². The molecular weight excluding hydrogens is 172 g/mol. The molecule has 74 valence electrons. The highest BCUT2D eigenvalue weighted by molar-refractivity contribution is 5.84. The number of hydrogen-bond donors (Lipinski definition) is 2. The fourth-order valence-electron chi connectivity index (χ4n) is 1.82. The van der Waals surface area contributed by atoms with Crippen LogP contribution in [0.1, 0.15) is 26.7 Å². The second kappa shape index (κ2) is 2.90. The van der Waals surface area contributed by atoms with Gasteiger partial charge >= 0.3 is 6.09 Å². The molecule has 0 aromatic carbocycles. The standard InChI is InChI=1S/C8H14N2O3/c1-8(2)4-3-5(6(9)11)10(8)7(12)13/h5H,3-4H2,1-2H3,(H2,9,11)(H,12,13). The Hall–Kier alpha value is -1.26. The molecule has 1 unspecified atom stereocenters. The number of hydrogen-bond acceptors (Lipinski definition) is 2. The van der Waals surface area contributed by atoms with E-state index in [-0.39, 0.29) is 0 Å². The third kappa shape index (κ3) is 1.59. The molecule has 1 fully saturated rings. The summed E-state index contributed by atoms with van der Waals surface area (Å²) in [6, 6.07) is -0.660. The third-order valence-corrected chi connectivity index (χ3v) is 2.53. The van der Waals surface area contributed by atoms with E-state index in [1.54, 1.807) is 13.8 Å². The van der Waals surface area contributed by atoms with E-state index in [0.717, 1.165) is 4.90 Å². The molecule has 1 atom stereocenters. The first kappa shape index (κ1) is 9.83. The van der Waals surface area contributed by atoms with Gasteiger partial charge in [-0.3, -0.25) is 9.69 Å². The van der Waals surface area contributed by atoms with E-state index >= 15 is 0 Å². The van der Waals surface area contributed by atoms with Gasteiger partial charge in [-0.25, -0.2) is 4.79 Å². The fraction of sp³-hybridized carbons (Fsp3) is 0.750. The number of rotatable bonds is 1. The van der Waals surface area contributed by atoms with Crippen LogP contribution in [0.3, 0.4) is 0 Å². The molecule has 0 aromatic rings. The van der Waals surface area contributed by atoms with E-state index in [9.17, 15) is 9.59 Å². The molecule has 3 N–H and O–H groups in total. The minimum absolute atomic E-state index is 0.481. The van der Waals surface area contributed by atoms with Crippen LogP contribution < -0.4 is 5.73 Å². The Morgan fingerprint density at radius 3 is 2.38 bits per heavy atom. The normalized spacial score (nSPS) is 26.0. The van der Waals surface area contributed by atoms with Gasteiger partial charge < -0.3 is 10.8 Å². The van der Waals surface area contributed by atoms with Gasteiger partial charge in [-0.15, -0.1) is 0 Å². The molecule has 5 nitrogen and oxygen atoms in total. The molecule has 2 amide bonds. The zero-order valence-corrected chi connectivity index (χ0v) is 7.78. The average molecular weight is 186 g/mol. The third-order valence-electron chi connectivity index (χ3n) is 2.53. The first-order valence-electron chi connectivity index (χ1n) is 4.18. The van der Waals surface area contributed by atoms with Crippen molar-refractivity contribution in [3.63, 3.8) is 0 Å². The molecule has 1 rings (SSSR count). The lowest BCUT2D eigenvalue weighted by Gasteiger charge is -2.31. The van der Waals surface area contributed by atoms with Gasteiger partial charge in [0.15, 0.2) is 0 Å². The van der Waals surface area contributed by atoms with Crippen molar-refractivity contribution in [1.82, 2.24) is 4.90 Å². The molecule has 0 saturated carbocycles. The number of nitrogens with zero attached hydrogens (tertiary/aromatic N) is 1. The predicted molar refractivity (Wildman–Crippen MR) is 46.2 cm³/mol. The smallest absolute Gasteiger partial charge is 0.408 e. The zero-order chi connectivity index (χ0) is 10.2. The maximum atomic E-state index is 10.9. The Bertz CT molecular complexity index is 250. The summed E-state index contributed by atoms with van der Waals surface area (Å²) in [5, 5.41) is 8.89. The molecule has 0 bridgehead atoms. The monoisotopic (exact) mass is 186 g/mol. The topological polar surface area (TPSA) is 83.6 Å². The lowest BCUT2D eigenvalue weighted by molar-refractivity contribution is -0.122. The maximum absolute atomic E-state index is 10.9. The second-order valence-corrected chi connectivity index (χ2v) is 3.92. The molecule has 0 aliphatic carbocycles. The SMILES string of the molecule is CC1(C)CCC(C(N)=O)N1C(=O)O. The fourth-order valence-corrected chi connectivity index (χ4v) is 1.82. The number of nitrogens with two attached hydrogens (primary N) is 1. The molecule has 0 aromatic heterocycles. The number of carboxylic acid groups (broad SMARTS) is 1. The zero-order valence-electron chi connectivity index (χ0n) is 7.78. The summed E-state index contributed by atoms with van der Waals surface area (Å²) in [6.45, 7) is 3.59. The number of primary amides is 1. The summed E-state index contributed by atoms with van der Waals surface area (Å²) in [5.74, 6) is -0.562. The Morgan fingerprint density at radius 1 is 1.54 bits per heavy atom. The lowest BCUT2D eigenvalue weighted by atomic mass is 10.0. The molecule has 13 heavy (non-hydrogen) atoms. The summed E-state index contributed by atoms with van der Waals surface area (Å²) < 4.78 is 0. The van der Waals surface area contributed by atoms with E-state index in [0.29, 0.717) is 12.8 Å².